The van der Waals surface area contributed by atoms with E-state index in [2.05, 4.69) is 10.3 Å². The second kappa shape index (κ2) is 7.42. The first-order valence-corrected chi connectivity index (χ1v) is 9.21. The number of rotatable bonds is 4. The summed E-state index contributed by atoms with van der Waals surface area (Å²) in [6.45, 7) is 7.32. The van der Waals surface area contributed by atoms with Crippen LogP contribution in [-0.2, 0) is 11.8 Å². The van der Waals surface area contributed by atoms with E-state index in [9.17, 15) is 14.4 Å². The van der Waals surface area contributed by atoms with Crippen LogP contribution in [0.1, 0.15) is 36.2 Å². The molecule has 0 aliphatic rings. The maximum atomic E-state index is 13.2. The van der Waals surface area contributed by atoms with E-state index in [4.69, 9.17) is 0 Å². The van der Waals surface area contributed by atoms with Crippen molar-refractivity contribution in [1.29, 1.82) is 0 Å². The molecule has 7 nitrogen and oxygen atoms in total. The van der Waals surface area contributed by atoms with Gasteiger partial charge < -0.3 is 5.32 Å². The van der Waals surface area contributed by atoms with Crippen LogP contribution in [0.5, 0.6) is 0 Å². The minimum atomic E-state index is -0.920. The topological polar surface area (TPSA) is 86.0 Å². The third-order valence-electron chi connectivity index (χ3n) is 4.86. The van der Waals surface area contributed by atoms with Gasteiger partial charge in [0.25, 0.3) is 5.56 Å². The molecule has 0 radical (unpaired) electrons. The van der Waals surface area contributed by atoms with Crippen molar-refractivity contribution in [2.75, 3.05) is 5.32 Å². The number of carbonyl (C=O) groups is 1. The standard InChI is InChI=1S/C21H24N4O3/c1-6-16(19(26)23-15-9-7-8-12(2)10-15)25-20(27)17-13(3)11-14(4)22-18(17)24(5)21(25)28/h7-11,16H,6H2,1-5H3,(H,23,26). The van der Waals surface area contributed by atoms with Gasteiger partial charge in [-0.25, -0.2) is 14.3 Å². The maximum Gasteiger partial charge on any atom is 0.333 e. The molecule has 146 valence electrons. The number of hydrogen-bond donors (Lipinski definition) is 1. The Bertz CT molecular complexity index is 1190. The normalized spacial score (nSPS) is 12.2. The van der Waals surface area contributed by atoms with Crippen LogP contribution in [0.2, 0.25) is 0 Å². The minimum Gasteiger partial charge on any atom is -0.324 e. The number of benzene rings is 1. The maximum absolute atomic E-state index is 13.2. The van der Waals surface area contributed by atoms with E-state index in [0.29, 0.717) is 23.1 Å². The molecule has 0 bridgehead atoms. The van der Waals surface area contributed by atoms with Crippen molar-refractivity contribution in [1.82, 2.24) is 14.1 Å². The van der Waals surface area contributed by atoms with E-state index in [0.717, 1.165) is 21.4 Å². The predicted molar refractivity (Wildman–Crippen MR) is 110 cm³/mol. The van der Waals surface area contributed by atoms with Crippen LogP contribution in [0.25, 0.3) is 11.0 Å². The van der Waals surface area contributed by atoms with Crippen molar-refractivity contribution in [2.24, 2.45) is 7.05 Å². The molecule has 0 saturated heterocycles. The Morgan fingerprint density at radius 2 is 1.89 bits per heavy atom. The molecule has 28 heavy (non-hydrogen) atoms. The third-order valence-corrected chi connectivity index (χ3v) is 4.86. The zero-order valence-corrected chi connectivity index (χ0v) is 16.7. The lowest BCUT2D eigenvalue weighted by Gasteiger charge is -2.19. The number of nitrogens with zero attached hydrogens (tertiary/aromatic N) is 3. The lowest BCUT2D eigenvalue weighted by Crippen LogP contribution is -2.45. The van der Waals surface area contributed by atoms with Gasteiger partial charge in [0, 0.05) is 18.4 Å². The molecule has 1 aromatic carbocycles. The number of nitrogens with one attached hydrogen (secondary N) is 1. The SMILES string of the molecule is CCC(C(=O)Nc1cccc(C)c1)n1c(=O)c2c(C)cc(C)nc2n(C)c1=O. The van der Waals surface area contributed by atoms with Crippen molar-refractivity contribution in [3.8, 4) is 0 Å². The predicted octanol–water partition coefficient (Wildman–Crippen LogP) is 2.61. The molecular weight excluding hydrogens is 356 g/mol. The van der Waals surface area contributed by atoms with Crippen molar-refractivity contribution in [2.45, 2.75) is 40.2 Å². The number of anilines is 1. The molecule has 1 amide bonds. The van der Waals surface area contributed by atoms with Crippen molar-refractivity contribution < 1.29 is 4.79 Å². The summed E-state index contributed by atoms with van der Waals surface area (Å²) in [4.78, 5) is 43.4. The number of hydrogen-bond acceptors (Lipinski definition) is 4. The highest BCUT2D eigenvalue weighted by Gasteiger charge is 2.25. The summed E-state index contributed by atoms with van der Waals surface area (Å²) < 4.78 is 2.37. The lowest BCUT2D eigenvalue weighted by atomic mass is 10.1. The molecule has 0 saturated carbocycles. The molecule has 2 aromatic heterocycles. The fourth-order valence-corrected chi connectivity index (χ4v) is 3.49. The van der Waals surface area contributed by atoms with Gasteiger partial charge in [0.1, 0.15) is 11.7 Å². The Labute approximate surface area is 162 Å². The number of amides is 1. The van der Waals surface area contributed by atoms with E-state index < -0.39 is 23.2 Å². The summed E-state index contributed by atoms with van der Waals surface area (Å²) >= 11 is 0. The van der Waals surface area contributed by atoms with Gasteiger partial charge in [0.15, 0.2) is 0 Å². The largest absolute Gasteiger partial charge is 0.333 e. The van der Waals surface area contributed by atoms with Gasteiger partial charge in [-0.1, -0.05) is 19.1 Å². The molecule has 1 N–H and O–H groups in total. The van der Waals surface area contributed by atoms with Gasteiger partial charge in [-0.15, -0.1) is 0 Å². The van der Waals surface area contributed by atoms with Crippen LogP contribution in [0.3, 0.4) is 0 Å². The fourth-order valence-electron chi connectivity index (χ4n) is 3.49. The van der Waals surface area contributed by atoms with Crippen LogP contribution in [0.4, 0.5) is 5.69 Å². The van der Waals surface area contributed by atoms with E-state index >= 15 is 0 Å². The molecule has 1 unspecified atom stereocenters. The van der Waals surface area contributed by atoms with Crippen molar-refractivity contribution in [3.05, 3.63) is 68.0 Å². The molecule has 0 fully saturated rings. The van der Waals surface area contributed by atoms with E-state index in [-0.39, 0.29) is 0 Å². The van der Waals surface area contributed by atoms with Gasteiger partial charge in [-0.2, -0.15) is 0 Å². The quantitative estimate of drug-likeness (QED) is 0.754. The molecule has 0 aliphatic heterocycles. The average Bonchev–Trinajstić information content (AvgIpc) is 2.62. The number of fused-ring (bicyclic) bond motifs is 1. The molecule has 0 spiro atoms. The second-order valence-electron chi connectivity index (χ2n) is 7.08. The highest BCUT2D eigenvalue weighted by Crippen LogP contribution is 2.17. The fraction of sp³-hybridized carbons (Fsp3) is 0.333. The Hall–Kier alpha value is -3.22. The Morgan fingerprint density at radius 1 is 1.18 bits per heavy atom. The molecule has 7 heteroatoms. The highest BCUT2D eigenvalue weighted by molar-refractivity contribution is 5.94. The van der Waals surface area contributed by atoms with Gasteiger partial charge in [0.2, 0.25) is 5.91 Å². The Balaban J connectivity index is 2.16. The molecule has 3 aromatic rings. The summed E-state index contributed by atoms with van der Waals surface area (Å²) in [5.74, 6) is -0.399. The average molecular weight is 380 g/mol. The summed E-state index contributed by atoms with van der Waals surface area (Å²) in [7, 11) is 1.57. The molecule has 2 heterocycles. The Kier molecular flexibility index (Phi) is 5.18. The molecule has 3 rings (SSSR count). The second-order valence-corrected chi connectivity index (χ2v) is 7.08. The minimum absolute atomic E-state index is 0.302. The van der Waals surface area contributed by atoms with Gasteiger partial charge >= 0.3 is 5.69 Å². The number of pyridine rings is 1. The highest BCUT2D eigenvalue weighted by atomic mass is 16.2. The molecule has 0 aliphatic carbocycles. The van der Waals surface area contributed by atoms with Gasteiger partial charge in [-0.05, 0) is 56.5 Å². The van der Waals surface area contributed by atoms with Crippen molar-refractivity contribution in [3.63, 3.8) is 0 Å². The first-order valence-electron chi connectivity index (χ1n) is 9.21. The van der Waals surface area contributed by atoms with Crippen LogP contribution < -0.4 is 16.6 Å². The number of aromatic nitrogens is 3. The van der Waals surface area contributed by atoms with Crippen LogP contribution >= 0.6 is 0 Å². The first kappa shape index (κ1) is 19.5. The van der Waals surface area contributed by atoms with E-state index in [1.807, 2.05) is 32.0 Å². The summed E-state index contributed by atoms with van der Waals surface area (Å²) in [5, 5.41) is 3.17. The Morgan fingerprint density at radius 3 is 2.54 bits per heavy atom. The zero-order chi connectivity index (χ0) is 20.6. The van der Waals surface area contributed by atoms with Crippen molar-refractivity contribution >= 4 is 22.6 Å². The van der Waals surface area contributed by atoms with Crippen LogP contribution in [0.15, 0.2) is 39.9 Å². The first-order chi connectivity index (χ1) is 13.2. The van der Waals surface area contributed by atoms with Crippen LogP contribution in [0, 0.1) is 20.8 Å². The lowest BCUT2D eigenvalue weighted by molar-refractivity contribution is -0.119. The van der Waals surface area contributed by atoms with Gasteiger partial charge in [0.05, 0.1) is 5.39 Å². The molecule has 1 atom stereocenters. The smallest absolute Gasteiger partial charge is 0.324 e. The molecular formula is C21H24N4O3. The van der Waals surface area contributed by atoms with E-state index in [1.165, 1.54) is 4.57 Å². The summed E-state index contributed by atoms with van der Waals surface area (Å²) in [5.41, 5.74) is 2.37. The third kappa shape index (κ3) is 3.35. The van der Waals surface area contributed by atoms with Gasteiger partial charge in [-0.3, -0.25) is 14.2 Å². The van der Waals surface area contributed by atoms with Crippen LogP contribution in [-0.4, -0.2) is 20.0 Å². The summed E-state index contributed by atoms with van der Waals surface area (Å²) in [6.07, 6.45) is 0.302. The number of aryl methyl sites for hydroxylation is 4. The summed E-state index contributed by atoms with van der Waals surface area (Å²) in [6, 6.07) is 8.25. The van der Waals surface area contributed by atoms with E-state index in [1.54, 1.807) is 33.0 Å². The zero-order valence-electron chi connectivity index (χ0n) is 16.7. The number of carbonyl (C=O) groups excluding carboxylic acids is 1. The monoisotopic (exact) mass is 380 g/mol.